The number of aliphatic hydroxyl groups is 1. The third-order valence-electron chi connectivity index (χ3n) is 1.50. The van der Waals surface area contributed by atoms with Crippen LogP contribution in [0.25, 0.3) is 0 Å². The molecule has 0 radical (unpaired) electrons. The molecular weight excluding hydrogens is 156 g/mol. The molecule has 0 spiro atoms. The van der Waals surface area contributed by atoms with E-state index in [2.05, 4.69) is 10.3 Å². The molecule has 1 heterocycles. The summed E-state index contributed by atoms with van der Waals surface area (Å²) in [4.78, 5) is 1.90. The number of aryl methyl sites for hydroxylation is 1. The van der Waals surface area contributed by atoms with E-state index in [9.17, 15) is 5.11 Å². The van der Waals surface area contributed by atoms with Gasteiger partial charge in [0.2, 0.25) is 0 Å². The average molecular weight is 170 g/mol. The highest BCUT2D eigenvalue weighted by Gasteiger charge is 2.11. The summed E-state index contributed by atoms with van der Waals surface area (Å²) in [6.07, 6.45) is 1.17. The average Bonchev–Trinajstić information content (AvgIpc) is 2.34. The van der Waals surface area contributed by atoms with E-state index in [0.717, 1.165) is 0 Å². The fourth-order valence-electron chi connectivity index (χ4n) is 0.957. The summed E-state index contributed by atoms with van der Waals surface area (Å²) in [7, 11) is 5.58. The number of aromatic nitrogens is 3. The minimum absolute atomic E-state index is 0.548. The summed E-state index contributed by atoms with van der Waals surface area (Å²) >= 11 is 0. The highest BCUT2D eigenvalue weighted by molar-refractivity contribution is 4.97. The lowest BCUT2D eigenvalue weighted by Gasteiger charge is -2.12. The van der Waals surface area contributed by atoms with Crippen molar-refractivity contribution in [1.82, 2.24) is 19.9 Å². The normalized spacial score (nSPS) is 13.8. The summed E-state index contributed by atoms with van der Waals surface area (Å²) in [5, 5.41) is 17.1. The molecule has 5 heteroatoms. The van der Waals surface area contributed by atoms with Crippen LogP contribution in [0, 0.1) is 0 Å². The molecule has 12 heavy (non-hydrogen) atoms. The van der Waals surface area contributed by atoms with E-state index < -0.39 is 6.10 Å². The monoisotopic (exact) mass is 170 g/mol. The lowest BCUT2D eigenvalue weighted by Crippen LogP contribution is -2.20. The Morgan fingerprint density at radius 2 is 2.33 bits per heavy atom. The predicted molar refractivity (Wildman–Crippen MR) is 44.5 cm³/mol. The number of likely N-dealkylation sites (N-methyl/N-ethyl adjacent to an activating group) is 1. The number of hydrogen-bond acceptors (Lipinski definition) is 4. The molecule has 0 saturated carbocycles. The minimum Gasteiger partial charge on any atom is -0.385 e. The van der Waals surface area contributed by atoms with Crippen LogP contribution in [0.15, 0.2) is 6.20 Å². The molecule has 0 aliphatic carbocycles. The largest absolute Gasteiger partial charge is 0.385 e. The van der Waals surface area contributed by atoms with E-state index in [0.29, 0.717) is 12.2 Å². The van der Waals surface area contributed by atoms with Crippen LogP contribution in [0.2, 0.25) is 0 Å². The van der Waals surface area contributed by atoms with Crippen LogP contribution in [0.3, 0.4) is 0 Å². The fraction of sp³-hybridized carbons (Fsp3) is 0.714. The molecule has 0 aromatic carbocycles. The molecule has 1 aromatic heterocycles. The molecule has 1 atom stereocenters. The molecule has 0 aliphatic rings. The van der Waals surface area contributed by atoms with E-state index in [4.69, 9.17) is 0 Å². The molecule has 68 valence electrons. The first-order chi connectivity index (χ1) is 5.59. The van der Waals surface area contributed by atoms with Gasteiger partial charge >= 0.3 is 0 Å². The molecule has 1 rings (SSSR count). The Morgan fingerprint density at radius 1 is 1.67 bits per heavy atom. The fourth-order valence-corrected chi connectivity index (χ4v) is 0.957. The topological polar surface area (TPSA) is 54.2 Å². The molecule has 1 unspecified atom stereocenters. The molecular formula is C7H14N4O. The summed E-state index contributed by atoms with van der Waals surface area (Å²) in [6.45, 7) is 0.568. The van der Waals surface area contributed by atoms with Crippen LogP contribution >= 0.6 is 0 Å². The van der Waals surface area contributed by atoms with Crippen molar-refractivity contribution in [3.63, 3.8) is 0 Å². The Kier molecular flexibility index (Phi) is 2.78. The van der Waals surface area contributed by atoms with Gasteiger partial charge in [-0.1, -0.05) is 5.21 Å². The Hall–Kier alpha value is -0.940. The standard InChI is InChI=1S/C7H14N4O/c1-10(2)5-7(12)6-4-11(3)9-8-6/h4,7,12H,5H2,1-3H3. The first-order valence-corrected chi connectivity index (χ1v) is 3.78. The van der Waals surface area contributed by atoms with Crippen molar-refractivity contribution in [2.75, 3.05) is 20.6 Å². The lowest BCUT2D eigenvalue weighted by molar-refractivity contribution is 0.134. The molecule has 0 aliphatic heterocycles. The molecule has 0 saturated heterocycles. The Bertz CT molecular complexity index is 245. The van der Waals surface area contributed by atoms with Crippen molar-refractivity contribution >= 4 is 0 Å². The van der Waals surface area contributed by atoms with Crippen LogP contribution in [0.5, 0.6) is 0 Å². The van der Waals surface area contributed by atoms with Gasteiger partial charge in [-0.25, -0.2) is 0 Å². The zero-order chi connectivity index (χ0) is 9.14. The number of aliphatic hydroxyl groups excluding tert-OH is 1. The van der Waals surface area contributed by atoms with Gasteiger partial charge in [0.15, 0.2) is 0 Å². The van der Waals surface area contributed by atoms with E-state index in [1.807, 2.05) is 19.0 Å². The summed E-state index contributed by atoms with van der Waals surface area (Å²) < 4.78 is 1.58. The lowest BCUT2D eigenvalue weighted by atomic mass is 10.2. The Balaban J connectivity index is 2.58. The van der Waals surface area contributed by atoms with Crippen LogP contribution in [-0.4, -0.2) is 45.6 Å². The highest BCUT2D eigenvalue weighted by Crippen LogP contribution is 2.07. The van der Waals surface area contributed by atoms with E-state index in [-0.39, 0.29) is 0 Å². The van der Waals surface area contributed by atoms with Gasteiger partial charge in [-0.15, -0.1) is 5.10 Å². The van der Waals surface area contributed by atoms with Crippen LogP contribution in [0.4, 0.5) is 0 Å². The van der Waals surface area contributed by atoms with Crippen molar-refractivity contribution in [2.24, 2.45) is 7.05 Å². The number of rotatable bonds is 3. The highest BCUT2D eigenvalue weighted by atomic mass is 16.3. The molecule has 5 nitrogen and oxygen atoms in total. The Labute approximate surface area is 71.6 Å². The molecule has 1 N–H and O–H groups in total. The zero-order valence-corrected chi connectivity index (χ0v) is 7.60. The summed E-state index contributed by atoms with van der Waals surface area (Å²) in [6, 6.07) is 0. The van der Waals surface area contributed by atoms with Gasteiger partial charge in [0.1, 0.15) is 11.8 Å². The maximum atomic E-state index is 9.55. The smallest absolute Gasteiger partial charge is 0.112 e. The molecule has 1 aromatic rings. The predicted octanol–water partition coefficient (Wildman–Crippen LogP) is -0.590. The first kappa shape index (κ1) is 9.15. The van der Waals surface area contributed by atoms with Gasteiger partial charge in [0.25, 0.3) is 0 Å². The summed E-state index contributed by atoms with van der Waals surface area (Å²) in [5.41, 5.74) is 0.617. The van der Waals surface area contributed by atoms with E-state index >= 15 is 0 Å². The van der Waals surface area contributed by atoms with E-state index in [1.54, 1.807) is 17.9 Å². The zero-order valence-electron chi connectivity index (χ0n) is 7.60. The van der Waals surface area contributed by atoms with Gasteiger partial charge in [-0.05, 0) is 14.1 Å². The Morgan fingerprint density at radius 3 is 2.75 bits per heavy atom. The maximum Gasteiger partial charge on any atom is 0.112 e. The molecule has 0 amide bonds. The minimum atomic E-state index is -0.548. The maximum absolute atomic E-state index is 9.55. The second-order valence-corrected chi connectivity index (χ2v) is 3.10. The SMILES string of the molecule is CN(C)CC(O)c1cn(C)nn1. The third-order valence-corrected chi connectivity index (χ3v) is 1.50. The van der Waals surface area contributed by atoms with Crippen molar-refractivity contribution in [3.05, 3.63) is 11.9 Å². The second-order valence-electron chi connectivity index (χ2n) is 3.10. The van der Waals surface area contributed by atoms with Gasteiger partial charge in [-0.3, -0.25) is 4.68 Å². The van der Waals surface area contributed by atoms with Gasteiger partial charge in [0, 0.05) is 13.6 Å². The molecule has 0 bridgehead atoms. The van der Waals surface area contributed by atoms with Crippen molar-refractivity contribution in [3.8, 4) is 0 Å². The van der Waals surface area contributed by atoms with Crippen molar-refractivity contribution in [2.45, 2.75) is 6.10 Å². The quantitative estimate of drug-likeness (QED) is 0.658. The van der Waals surface area contributed by atoms with E-state index in [1.165, 1.54) is 0 Å². The third kappa shape index (κ3) is 2.28. The number of hydrogen-bond donors (Lipinski definition) is 1. The van der Waals surface area contributed by atoms with Crippen LogP contribution in [-0.2, 0) is 7.05 Å². The molecule has 0 fully saturated rings. The van der Waals surface area contributed by atoms with Crippen LogP contribution in [0.1, 0.15) is 11.8 Å². The first-order valence-electron chi connectivity index (χ1n) is 3.78. The van der Waals surface area contributed by atoms with Gasteiger partial charge in [0.05, 0.1) is 6.20 Å². The van der Waals surface area contributed by atoms with Gasteiger partial charge in [-0.2, -0.15) is 0 Å². The van der Waals surface area contributed by atoms with Crippen molar-refractivity contribution < 1.29 is 5.11 Å². The van der Waals surface area contributed by atoms with Gasteiger partial charge < -0.3 is 10.0 Å². The van der Waals surface area contributed by atoms with Crippen molar-refractivity contribution in [1.29, 1.82) is 0 Å². The second kappa shape index (κ2) is 3.64. The summed E-state index contributed by atoms with van der Waals surface area (Å²) in [5.74, 6) is 0. The number of nitrogens with zero attached hydrogens (tertiary/aromatic N) is 4. The van der Waals surface area contributed by atoms with Crippen LogP contribution < -0.4 is 0 Å².